The average molecular weight is 721 g/mol. The Hall–Kier alpha value is -4.59. The SMILES string of the molecule is COCC(O)CN1CCC(Nc2nc(-c3ccccn3)nc3c2CCC3)CC1.NC(=O)C1(CNc2nc(-c3ccccn3)nc3c2CCC3)CCCC1. The molecule has 0 aromatic carbocycles. The smallest absolute Gasteiger partial charge is 0.225 e. The highest BCUT2D eigenvalue weighted by molar-refractivity contribution is 5.82. The Bertz CT molecular complexity index is 1830. The quantitative estimate of drug-likeness (QED) is 0.163. The predicted octanol–water partition coefficient (Wildman–Crippen LogP) is 4.40. The molecule has 4 aromatic heterocycles. The second kappa shape index (κ2) is 17.0. The number of pyridine rings is 2. The van der Waals surface area contributed by atoms with E-state index >= 15 is 0 Å². The molecule has 2 fully saturated rings. The van der Waals surface area contributed by atoms with E-state index in [-0.39, 0.29) is 5.91 Å². The Balaban J connectivity index is 0.000000165. The highest BCUT2D eigenvalue weighted by Gasteiger charge is 2.39. The minimum atomic E-state index is -0.443. The van der Waals surface area contributed by atoms with E-state index in [0.717, 1.165) is 119 Å². The fraction of sp³-hybridized carbons (Fsp3) is 0.525. The van der Waals surface area contributed by atoms with Gasteiger partial charge in [-0.25, -0.2) is 19.9 Å². The Labute approximate surface area is 311 Å². The van der Waals surface area contributed by atoms with Crippen molar-refractivity contribution >= 4 is 17.5 Å². The number of aryl methyl sites for hydroxylation is 2. The summed E-state index contributed by atoms with van der Waals surface area (Å²) in [7, 11) is 1.62. The van der Waals surface area contributed by atoms with Gasteiger partial charge in [-0.1, -0.05) is 25.0 Å². The van der Waals surface area contributed by atoms with Crippen LogP contribution in [0.3, 0.4) is 0 Å². The number of nitrogens with zero attached hydrogens (tertiary/aromatic N) is 7. The number of fused-ring (bicyclic) bond motifs is 2. The maximum Gasteiger partial charge on any atom is 0.225 e. The molecule has 0 spiro atoms. The molecular weight excluding hydrogens is 669 g/mol. The number of primary amides is 1. The van der Waals surface area contributed by atoms with Crippen molar-refractivity contribution in [3.05, 3.63) is 71.3 Å². The van der Waals surface area contributed by atoms with Crippen molar-refractivity contribution in [3.8, 4) is 23.0 Å². The Morgan fingerprint density at radius 1 is 0.868 bits per heavy atom. The predicted molar refractivity (Wildman–Crippen MR) is 204 cm³/mol. The average Bonchev–Trinajstić information content (AvgIpc) is 3.98. The van der Waals surface area contributed by atoms with Gasteiger partial charge in [0.05, 0.1) is 18.1 Å². The summed E-state index contributed by atoms with van der Waals surface area (Å²) in [6.45, 7) is 3.56. The Morgan fingerprint density at radius 3 is 2.00 bits per heavy atom. The highest BCUT2D eigenvalue weighted by Crippen LogP contribution is 2.39. The van der Waals surface area contributed by atoms with Gasteiger partial charge in [-0.3, -0.25) is 14.8 Å². The molecule has 53 heavy (non-hydrogen) atoms. The number of aliphatic hydroxyl groups excluding tert-OH is 1. The number of ether oxygens (including phenoxy) is 1. The second-order valence-corrected chi connectivity index (χ2v) is 14.8. The molecule has 1 saturated carbocycles. The molecule has 5 heterocycles. The summed E-state index contributed by atoms with van der Waals surface area (Å²) < 4.78 is 5.03. The Kier molecular flexibility index (Phi) is 11.8. The van der Waals surface area contributed by atoms with Crippen molar-refractivity contribution in [2.45, 2.75) is 89.2 Å². The molecule has 1 saturated heterocycles. The third-order valence-corrected chi connectivity index (χ3v) is 11.1. The van der Waals surface area contributed by atoms with Gasteiger partial charge in [0, 0.05) is 74.2 Å². The highest BCUT2D eigenvalue weighted by atomic mass is 16.5. The van der Waals surface area contributed by atoms with E-state index in [1.165, 1.54) is 16.8 Å². The summed E-state index contributed by atoms with van der Waals surface area (Å²) in [5, 5.41) is 17.1. The van der Waals surface area contributed by atoms with Crippen molar-refractivity contribution in [2.24, 2.45) is 11.1 Å². The molecule has 13 heteroatoms. The number of nitrogens with two attached hydrogens (primary N) is 1. The standard InChI is InChI=1S/C21H29N5O2.C19H23N5O/c1-28-14-16(27)13-26-11-8-15(9-12-26)23-20-17-5-4-7-18(17)24-21(25-20)19-6-2-3-10-22-19;20-18(25)19(9-2-3-10-19)12-22-16-13-6-5-8-14(13)23-17(24-16)15-7-1-4-11-21-15/h2-3,6,10,15-16,27H,4-5,7-9,11-14H2,1H3,(H,23,24,25);1,4,7,11H,2-3,5-6,8-10,12H2,(H2,20,25)(H,22,23,24). The molecular formula is C40H52N10O3. The third-order valence-electron chi connectivity index (χ3n) is 11.1. The topological polar surface area (TPSA) is 177 Å². The van der Waals surface area contributed by atoms with Crippen LogP contribution in [0.2, 0.25) is 0 Å². The number of aromatic nitrogens is 6. The number of anilines is 2. The molecule has 0 radical (unpaired) electrons. The van der Waals surface area contributed by atoms with Crippen molar-refractivity contribution < 1.29 is 14.6 Å². The summed E-state index contributed by atoms with van der Waals surface area (Å²) in [4.78, 5) is 42.2. The monoisotopic (exact) mass is 720 g/mol. The zero-order chi connectivity index (χ0) is 36.6. The van der Waals surface area contributed by atoms with Crippen molar-refractivity contribution in [2.75, 3.05) is 50.5 Å². The zero-order valence-electron chi connectivity index (χ0n) is 30.8. The van der Waals surface area contributed by atoms with Gasteiger partial charge in [-0.15, -0.1) is 0 Å². The molecule has 280 valence electrons. The third kappa shape index (κ3) is 8.80. The van der Waals surface area contributed by atoms with Crippen LogP contribution in [0.5, 0.6) is 0 Å². The molecule has 4 aromatic rings. The number of piperidine rings is 1. The molecule has 1 amide bonds. The summed E-state index contributed by atoms with van der Waals surface area (Å²) in [5.74, 6) is 2.98. The van der Waals surface area contributed by atoms with E-state index in [9.17, 15) is 9.90 Å². The number of carbonyl (C=O) groups is 1. The fourth-order valence-corrected chi connectivity index (χ4v) is 8.16. The lowest BCUT2D eigenvalue weighted by molar-refractivity contribution is -0.126. The normalized spacial score (nSPS) is 18.5. The number of nitrogens with one attached hydrogen (secondary N) is 2. The van der Waals surface area contributed by atoms with Gasteiger partial charge >= 0.3 is 0 Å². The maximum absolute atomic E-state index is 12.0. The van der Waals surface area contributed by atoms with E-state index in [2.05, 4.69) is 25.5 Å². The minimum Gasteiger partial charge on any atom is -0.389 e. The lowest BCUT2D eigenvalue weighted by Crippen LogP contribution is -2.43. The number of methoxy groups -OCH3 is 1. The number of hydrogen-bond donors (Lipinski definition) is 4. The molecule has 13 nitrogen and oxygen atoms in total. The first-order chi connectivity index (χ1) is 25.9. The number of hydrogen-bond acceptors (Lipinski definition) is 12. The van der Waals surface area contributed by atoms with Crippen LogP contribution in [0.1, 0.15) is 73.9 Å². The van der Waals surface area contributed by atoms with E-state index in [1.54, 1.807) is 19.5 Å². The van der Waals surface area contributed by atoms with Crippen molar-refractivity contribution in [1.29, 1.82) is 0 Å². The van der Waals surface area contributed by atoms with Gasteiger partial charge in [0.15, 0.2) is 11.6 Å². The van der Waals surface area contributed by atoms with Crippen LogP contribution in [-0.2, 0) is 35.2 Å². The number of β-amino-alcohol motifs (C(OH)–C–C–N with tert-alkyl or cyclic N) is 1. The molecule has 1 aliphatic heterocycles. The van der Waals surface area contributed by atoms with Gasteiger partial charge in [0.25, 0.3) is 0 Å². The maximum atomic E-state index is 12.0. The number of amides is 1. The summed E-state index contributed by atoms with van der Waals surface area (Å²) >= 11 is 0. The van der Waals surface area contributed by atoms with Gasteiger partial charge in [-0.05, 0) is 88.5 Å². The van der Waals surface area contributed by atoms with Crippen LogP contribution in [0.25, 0.3) is 23.0 Å². The van der Waals surface area contributed by atoms with E-state index in [0.29, 0.717) is 37.4 Å². The van der Waals surface area contributed by atoms with Crippen LogP contribution < -0.4 is 16.4 Å². The number of carbonyl (C=O) groups excluding carboxylic acids is 1. The van der Waals surface area contributed by atoms with E-state index < -0.39 is 11.5 Å². The van der Waals surface area contributed by atoms with Gasteiger partial charge in [-0.2, -0.15) is 0 Å². The lowest BCUT2D eigenvalue weighted by atomic mass is 9.85. The van der Waals surface area contributed by atoms with E-state index in [1.807, 2.05) is 36.4 Å². The van der Waals surface area contributed by atoms with Crippen LogP contribution in [0.15, 0.2) is 48.8 Å². The largest absolute Gasteiger partial charge is 0.389 e. The number of aliphatic hydroxyl groups is 1. The Morgan fingerprint density at radius 2 is 1.45 bits per heavy atom. The number of rotatable bonds is 12. The van der Waals surface area contributed by atoms with Gasteiger partial charge < -0.3 is 31.1 Å². The summed E-state index contributed by atoms with van der Waals surface area (Å²) in [6, 6.07) is 12.0. The van der Waals surface area contributed by atoms with E-state index in [4.69, 9.17) is 30.4 Å². The van der Waals surface area contributed by atoms with Gasteiger partial charge in [0.1, 0.15) is 23.0 Å². The van der Waals surface area contributed by atoms with Crippen LogP contribution in [0.4, 0.5) is 11.6 Å². The van der Waals surface area contributed by atoms with Gasteiger partial charge in [0.2, 0.25) is 5.91 Å². The molecule has 4 aliphatic rings. The van der Waals surface area contributed by atoms with Crippen molar-refractivity contribution in [1.82, 2.24) is 34.8 Å². The second-order valence-electron chi connectivity index (χ2n) is 14.8. The number of likely N-dealkylation sites (tertiary alicyclic amines) is 1. The first-order valence-corrected chi connectivity index (χ1v) is 19.2. The first-order valence-electron chi connectivity index (χ1n) is 19.2. The molecule has 5 N–H and O–H groups in total. The van der Waals surface area contributed by atoms with Crippen LogP contribution in [0, 0.1) is 5.41 Å². The molecule has 0 bridgehead atoms. The summed E-state index contributed by atoms with van der Waals surface area (Å²) in [5.41, 5.74) is 11.6. The lowest BCUT2D eigenvalue weighted by Gasteiger charge is -2.34. The van der Waals surface area contributed by atoms with Crippen molar-refractivity contribution in [3.63, 3.8) is 0 Å². The molecule has 1 atom stereocenters. The fourth-order valence-electron chi connectivity index (χ4n) is 8.16. The molecule has 1 unspecified atom stereocenters. The summed E-state index contributed by atoms with van der Waals surface area (Å²) in [6.07, 6.45) is 15.3. The minimum absolute atomic E-state index is 0.201. The zero-order valence-corrected chi connectivity index (χ0v) is 30.8. The molecule has 3 aliphatic carbocycles. The first kappa shape index (κ1) is 36.8. The van der Waals surface area contributed by atoms with Crippen LogP contribution in [-0.4, -0.2) is 97.9 Å². The van der Waals surface area contributed by atoms with Crippen LogP contribution >= 0.6 is 0 Å². The molecule has 8 rings (SSSR count).